The van der Waals surface area contributed by atoms with Gasteiger partial charge in [0, 0.05) is 12.6 Å². The molecular formula is C13H27NO. The van der Waals surface area contributed by atoms with Gasteiger partial charge in [-0.15, -0.1) is 0 Å². The third-order valence-corrected chi connectivity index (χ3v) is 3.70. The average Bonchev–Trinajstić information content (AvgIpc) is 2.14. The molecule has 0 saturated heterocycles. The van der Waals surface area contributed by atoms with Crippen LogP contribution in [0.2, 0.25) is 0 Å². The molecular weight excluding hydrogens is 186 g/mol. The van der Waals surface area contributed by atoms with Gasteiger partial charge in [-0.05, 0) is 37.5 Å². The van der Waals surface area contributed by atoms with Crippen molar-refractivity contribution in [2.45, 2.75) is 59.1 Å². The second kappa shape index (κ2) is 5.86. The van der Waals surface area contributed by atoms with Crippen LogP contribution >= 0.6 is 0 Å². The zero-order valence-corrected chi connectivity index (χ0v) is 10.7. The van der Waals surface area contributed by atoms with Gasteiger partial charge in [-0.2, -0.15) is 0 Å². The summed E-state index contributed by atoms with van der Waals surface area (Å²) in [6, 6.07) is 0.614. The highest BCUT2D eigenvalue weighted by atomic mass is 16.3. The summed E-state index contributed by atoms with van der Waals surface area (Å²) >= 11 is 0. The van der Waals surface area contributed by atoms with Crippen LogP contribution in [0.1, 0.15) is 47.0 Å². The Morgan fingerprint density at radius 3 is 2.47 bits per heavy atom. The standard InChI is InChI=1S/C13H27NO/c1-9(2)12-6-5-10(3)7-13(12)14-8-11(4)15/h9-15H,5-8H2,1-4H3. The van der Waals surface area contributed by atoms with Gasteiger partial charge in [-0.25, -0.2) is 0 Å². The minimum absolute atomic E-state index is 0.227. The molecule has 15 heavy (non-hydrogen) atoms. The van der Waals surface area contributed by atoms with Crippen molar-refractivity contribution < 1.29 is 5.11 Å². The van der Waals surface area contributed by atoms with E-state index in [-0.39, 0.29) is 6.10 Å². The van der Waals surface area contributed by atoms with Crippen LogP contribution in [0.4, 0.5) is 0 Å². The monoisotopic (exact) mass is 213 g/mol. The van der Waals surface area contributed by atoms with Crippen LogP contribution in [0.25, 0.3) is 0 Å². The first-order valence-electron chi connectivity index (χ1n) is 6.42. The average molecular weight is 213 g/mol. The Bertz CT molecular complexity index is 179. The molecule has 90 valence electrons. The first kappa shape index (κ1) is 13.0. The third-order valence-electron chi connectivity index (χ3n) is 3.70. The fourth-order valence-electron chi connectivity index (χ4n) is 2.76. The van der Waals surface area contributed by atoms with Crippen LogP contribution in [0, 0.1) is 17.8 Å². The van der Waals surface area contributed by atoms with Crippen molar-refractivity contribution in [2.75, 3.05) is 6.54 Å². The van der Waals surface area contributed by atoms with Crippen LogP contribution < -0.4 is 5.32 Å². The van der Waals surface area contributed by atoms with Crippen molar-refractivity contribution in [3.8, 4) is 0 Å². The number of aliphatic hydroxyl groups is 1. The molecule has 4 atom stereocenters. The smallest absolute Gasteiger partial charge is 0.0636 e. The molecule has 0 aliphatic heterocycles. The largest absolute Gasteiger partial charge is 0.392 e. The zero-order valence-electron chi connectivity index (χ0n) is 10.7. The summed E-state index contributed by atoms with van der Waals surface area (Å²) in [6.45, 7) is 9.56. The number of nitrogens with one attached hydrogen (secondary N) is 1. The van der Waals surface area contributed by atoms with Gasteiger partial charge in [0.2, 0.25) is 0 Å². The van der Waals surface area contributed by atoms with E-state index in [1.807, 2.05) is 6.92 Å². The molecule has 1 fully saturated rings. The summed E-state index contributed by atoms with van der Waals surface area (Å²) in [7, 11) is 0. The van der Waals surface area contributed by atoms with Gasteiger partial charge in [-0.3, -0.25) is 0 Å². The van der Waals surface area contributed by atoms with Gasteiger partial charge in [0.25, 0.3) is 0 Å². The summed E-state index contributed by atoms with van der Waals surface area (Å²) in [5, 5.41) is 12.8. The second-order valence-corrected chi connectivity index (χ2v) is 5.69. The Balaban J connectivity index is 2.46. The molecule has 1 saturated carbocycles. The molecule has 2 heteroatoms. The molecule has 2 N–H and O–H groups in total. The molecule has 2 nitrogen and oxygen atoms in total. The number of hydrogen-bond donors (Lipinski definition) is 2. The molecule has 0 bridgehead atoms. The van der Waals surface area contributed by atoms with Crippen LogP contribution in [-0.4, -0.2) is 23.8 Å². The number of hydrogen-bond acceptors (Lipinski definition) is 2. The van der Waals surface area contributed by atoms with Gasteiger partial charge in [0.05, 0.1) is 6.10 Å². The van der Waals surface area contributed by atoms with Crippen LogP contribution in [0.5, 0.6) is 0 Å². The quantitative estimate of drug-likeness (QED) is 0.751. The third kappa shape index (κ3) is 4.12. The van der Waals surface area contributed by atoms with Gasteiger partial charge in [0.15, 0.2) is 0 Å². The lowest BCUT2D eigenvalue weighted by atomic mass is 9.74. The highest BCUT2D eigenvalue weighted by Crippen LogP contribution is 2.33. The molecule has 0 aromatic carbocycles. The van der Waals surface area contributed by atoms with Gasteiger partial charge in [0.1, 0.15) is 0 Å². The van der Waals surface area contributed by atoms with E-state index in [1.54, 1.807) is 0 Å². The van der Waals surface area contributed by atoms with Crippen molar-refractivity contribution in [1.29, 1.82) is 0 Å². The lowest BCUT2D eigenvalue weighted by Gasteiger charge is -2.38. The normalized spacial score (nSPS) is 34.4. The summed E-state index contributed by atoms with van der Waals surface area (Å²) in [6.07, 6.45) is 3.76. The summed E-state index contributed by atoms with van der Waals surface area (Å²) in [5.74, 6) is 2.38. The summed E-state index contributed by atoms with van der Waals surface area (Å²) in [5.41, 5.74) is 0. The van der Waals surface area contributed by atoms with E-state index in [0.717, 1.165) is 24.3 Å². The predicted molar refractivity (Wildman–Crippen MR) is 64.8 cm³/mol. The van der Waals surface area contributed by atoms with E-state index < -0.39 is 0 Å². The van der Waals surface area contributed by atoms with E-state index in [2.05, 4.69) is 26.1 Å². The molecule has 4 unspecified atom stereocenters. The van der Waals surface area contributed by atoms with Gasteiger partial charge >= 0.3 is 0 Å². The fraction of sp³-hybridized carbons (Fsp3) is 1.00. The highest BCUT2D eigenvalue weighted by molar-refractivity contribution is 4.85. The molecule has 1 aliphatic rings. The summed E-state index contributed by atoms with van der Waals surface area (Å²) < 4.78 is 0. The molecule has 0 spiro atoms. The Kier molecular flexibility index (Phi) is 5.07. The van der Waals surface area contributed by atoms with Crippen LogP contribution in [0.15, 0.2) is 0 Å². The molecule has 1 rings (SSSR count). The highest BCUT2D eigenvalue weighted by Gasteiger charge is 2.30. The minimum Gasteiger partial charge on any atom is -0.392 e. The first-order valence-corrected chi connectivity index (χ1v) is 6.42. The van der Waals surface area contributed by atoms with Crippen molar-refractivity contribution in [3.63, 3.8) is 0 Å². The second-order valence-electron chi connectivity index (χ2n) is 5.69. The van der Waals surface area contributed by atoms with Crippen molar-refractivity contribution in [3.05, 3.63) is 0 Å². The first-order chi connectivity index (χ1) is 7.00. The lowest BCUT2D eigenvalue weighted by molar-refractivity contribution is 0.138. The Morgan fingerprint density at radius 1 is 1.27 bits per heavy atom. The summed E-state index contributed by atoms with van der Waals surface area (Å²) in [4.78, 5) is 0. The van der Waals surface area contributed by atoms with E-state index >= 15 is 0 Å². The van der Waals surface area contributed by atoms with E-state index in [4.69, 9.17) is 0 Å². The Labute approximate surface area is 94.5 Å². The van der Waals surface area contributed by atoms with E-state index in [9.17, 15) is 5.11 Å². The maximum atomic E-state index is 9.31. The maximum absolute atomic E-state index is 9.31. The zero-order chi connectivity index (χ0) is 11.4. The molecule has 0 aromatic rings. The SMILES string of the molecule is CC(O)CNC1CC(C)CCC1C(C)C. The van der Waals surface area contributed by atoms with Crippen molar-refractivity contribution in [2.24, 2.45) is 17.8 Å². The maximum Gasteiger partial charge on any atom is 0.0636 e. The Hall–Kier alpha value is -0.0800. The Morgan fingerprint density at radius 2 is 1.93 bits per heavy atom. The molecule has 0 aromatic heterocycles. The number of aliphatic hydroxyl groups excluding tert-OH is 1. The minimum atomic E-state index is -0.227. The van der Waals surface area contributed by atoms with E-state index in [1.165, 1.54) is 19.3 Å². The number of rotatable bonds is 4. The van der Waals surface area contributed by atoms with Crippen LogP contribution in [-0.2, 0) is 0 Å². The van der Waals surface area contributed by atoms with Gasteiger partial charge < -0.3 is 10.4 Å². The molecule has 0 amide bonds. The van der Waals surface area contributed by atoms with Crippen molar-refractivity contribution in [1.82, 2.24) is 5.32 Å². The lowest BCUT2D eigenvalue weighted by Crippen LogP contribution is -2.45. The van der Waals surface area contributed by atoms with Crippen molar-refractivity contribution >= 4 is 0 Å². The molecule has 1 aliphatic carbocycles. The molecule has 0 radical (unpaired) electrons. The topological polar surface area (TPSA) is 32.3 Å². The van der Waals surface area contributed by atoms with Crippen LogP contribution in [0.3, 0.4) is 0 Å². The fourth-order valence-corrected chi connectivity index (χ4v) is 2.76. The molecule has 0 heterocycles. The van der Waals surface area contributed by atoms with E-state index in [0.29, 0.717) is 6.04 Å². The van der Waals surface area contributed by atoms with Gasteiger partial charge in [-0.1, -0.05) is 27.2 Å². The predicted octanol–water partition coefficient (Wildman–Crippen LogP) is 2.42.